The highest BCUT2D eigenvalue weighted by Gasteiger charge is 2.40. The van der Waals surface area contributed by atoms with Crippen LogP contribution >= 0.6 is 11.6 Å². The fraction of sp³-hybridized carbons (Fsp3) is 0.350. The molecule has 1 saturated carbocycles. The van der Waals surface area contributed by atoms with Crippen molar-refractivity contribution < 1.29 is 14.6 Å². The van der Waals surface area contributed by atoms with Crippen LogP contribution in [0.5, 0.6) is 0 Å². The monoisotopic (exact) mass is 389 g/mol. The Hall–Kier alpha value is -2.15. The quantitative estimate of drug-likeness (QED) is 0.625. The number of H-pyrrole nitrogens is 1. The lowest BCUT2D eigenvalue weighted by atomic mass is 9.77. The summed E-state index contributed by atoms with van der Waals surface area (Å²) in [5.41, 5.74) is 3.20. The predicted octanol–water partition coefficient (Wildman–Crippen LogP) is 4.22. The molecule has 0 aliphatic heterocycles. The molecule has 0 amide bonds. The molecule has 4 rings (SSSR count). The summed E-state index contributed by atoms with van der Waals surface area (Å²) in [5.74, 6) is -0.438. The van der Waals surface area contributed by atoms with Gasteiger partial charge in [-0.15, -0.1) is 0 Å². The van der Waals surface area contributed by atoms with Crippen LogP contribution in [0.15, 0.2) is 30.6 Å². The van der Waals surface area contributed by atoms with Crippen molar-refractivity contribution in [2.24, 2.45) is 0 Å². The normalized spacial score (nSPS) is 22.1. The molecule has 7 heteroatoms. The van der Waals surface area contributed by atoms with Crippen LogP contribution in [0.3, 0.4) is 0 Å². The molecule has 2 aromatic heterocycles. The fourth-order valence-electron chi connectivity index (χ4n) is 4.00. The molecule has 142 valence electrons. The standard InChI is InChI=1S/C20H21ClFN3O2/c1-11-13(9-24-25(11)12-6-20(2,27)7-12)19-15(10-26)14(8-23-19)18-16(21)4-3-5-17(18)22/h3-5,8-9,12,23,26-27H,6-7,10H2,1-2H3. The van der Waals surface area contributed by atoms with Gasteiger partial charge in [0.15, 0.2) is 0 Å². The van der Waals surface area contributed by atoms with Gasteiger partial charge in [0.1, 0.15) is 5.82 Å². The van der Waals surface area contributed by atoms with Crippen molar-refractivity contribution in [3.05, 3.63) is 52.7 Å². The van der Waals surface area contributed by atoms with Gasteiger partial charge in [-0.05, 0) is 38.8 Å². The van der Waals surface area contributed by atoms with Crippen LogP contribution in [0.2, 0.25) is 5.02 Å². The van der Waals surface area contributed by atoms with Gasteiger partial charge in [0, 0.05) is 34.1 Å². The first-order chi connectivity index (χ1) is 12.8. The molecular formula is C20H21ClFN3O2. The second-order valence-electron chi connectivity index (χ2n) is 7.46. The highest BCUT2D eigenvalue weighted by molar-refractivity contribution is 6.33. The molecular weight excluding hydrogens is 369 g/mol. The third-order valence-corrected chi connectivity index (χ3v) is 5.70. The summed E-state index contributed by atoms with van der Waals surface area (Å²) in [7, 11) is 0. The Labute approximate surface area is 161 Å². The number of halogens is 2. The lowest BCUT2D eigenvalue weighted by molar-refractivity contribution is -0.0548. The van der Waals surface area contributed by atoms with E-state index in [1.54, 1.807) is 24.5 Å². The van der Waals surface area contributed by atoms with Crippen molar-refractivity contribution >= 4 is 11.6 Å². The Morgan fingerprint density at radius 3 is 2.74 bits per heavy atom. The number of benzene rings is 1. The Bertz CT molecular complexity index is 981. The van der Waals surface area contributed by atoms with Gasteiger partial charge in [-0.1, -0.05) is 17.7 Å². The summed E-state index contributed by atoms with van der Waals surface area (Å²) in [6, 6.07) is 4.68. The van der Waals surface area contributed by atoms with Gasteiger partial charge in [0.25, 0.3) is 0 Å². The first kappa shape index (κ1) is 18.2. The smallest absolute Gasteiger partial charge is 0.132 e. The van der Waals surface area contributed by atoms with Crippen LogP contribution in [-0.4, -0.2) is 30.6 Å². The summed E-state index contributed by atoms with van der Waals surface area (Å²) in [6.45, 7) is 3.51. The lowest BCUT2D eigenvalue weighted by Crippen LogP contribution is -2.42. The average molecular weight is 390 g/mol. The SMILES string of the molecule is Cc1c(-c2[nH]cc(-c3c(F)cccc3Cl)c2CO)cnn1C1CC(C)(O)C1. The molecule has 0 atom stereocenters. The maximum absolute atomic E-state index is 14.4. The van der Waals surface area contributed by atoms with Gasteiger partial charge in [-0.3, -0.25) is 4.68 Å². The Morgan fingerprint density at radius 1 is 1.37 bits per heavy atom. The summed E-state index contributed by atoms with van der Waals surface area (Å²) in [5, 5.41) is 24.7. The van der Waals surface area contributed by atoms with Gasteiger partial charge in [-0.25, -0.2) is 4.39 Å². The zero-order valence-corrected chi connectivity index (χ0v) is 15.9. The van der Waals surface area contributed by atoms with E-state index in [9.17, 15) is 14.6 Å². The zero-order valence-electron chi connectivity index (χ0n) is 15.1. The molecule has 5 nitrogen and oxygen atoms in total. The Morgan fingerprint density at radius 2 is 2.11 bits per heavy atom. The topological polar surface area (TPSA) is 74.1 Å². The van der Waals surface area contributed by atoms with Crippen molar-refractivity contribution in [2.75, 3.05) is 0 Å². The molecule has 27 heavy (non-hydrogen) atoms. The first-order valence-corrected chi connectivity index (χ1v) is 9.22. The fourth-order valence-corrected chi connectivity index (χ4v) is 4.27. The molecule has 1 aliphatic rings. The Balaban J connectivity index is 1.76. The number of aliphatic hydroxyl groups is 2. The van der Waals surface area contributed by atoms with E-state index >= 15 is 0 Å². The molecule has 0 bridgehead atoms. The summed E-state index contributed by atoms with van der Waals surface area (Å²) in [6.07, 6.45) is 4.71. The number of rotatable bonds is 4. The number of nitrogens with one attached hydrogen (secondary N) is 1. The number of aromatic amines is 1. The second-order valence-corrected chi connectivity index (χ2v) is 7.87. The molecule has 1 aromatic carbocycles. The van der Waals surface area contributed by atoms with E-state index < -0.39 is 11.4 Å². The molecule has 0 radical (unpaired) electrons. The van der Waals surface area contributed by atoms with E-state index in [0.29, 0.717) is 34.7 Å². The lowest BCUT2D eigenvalue weighted by Gasteiger charge is -2.41. The third-order valence-electron chi connectivity index (χ3n) is 5.39. The van der Waals surface area contributed by atoms with Gasteiger partial charge in [0.2, 0.25) is 0 Å². The molecule has 0 saturated heterocycles. The van der Waals surface area contributed by atoms with Crippen molar-refractivity contribution in [1.29, 1.82) is 0 Å². The number of aliphatic hydroxyl groups excluding tert-OH is 1. The van der Waals surface area contributed by atoms with Crippen LogP contribution in [0.4, 0.5) is 4.39 Å². The van der Waals surface area contributed by atoms with Crippen molar-refractivity contribution in [3.63, 3.8) is 0 Å². The summed E-state index contributed by atoms with van der Waals surface area (Å²) in [4.78, 5) is 3.15. The van der Waals surface area contributed by atoms with Crippen LogP contribution in [0.25, 0.3) is 22.4 Å². The van der Waals surface area contributed by atoms with Crippen LogP contribution in [0, 0.1) is 12.7 Å². The van der Waals surface area contributed by atoms with Crippen LogP contribution < -0.4 is 0 Å². The van der Waals surface area contributed by atoms with Crippen LogP contribution in [0.1, 0.15) is 37.1 Å². The predicted molar refractivity (Wildman–Crippen MR) is 102 cm³/mol. The molecule has 3 aromatic rings. The van der Waals surface area contributed by atoms with E-state index in [1.165, 1.54) is 6.07 Å². The number of hydrogen-bond acceptors (Lipinski definition) is 3. The highest BCUT2D eigenvalue weighted by Crippen LogP contribution is 2.43. The van der Waals surface area contributed by atoms with Crippen molar-refractivity contribution in [3.8, 4) is 22.4 Å². The minimum atomic E-state index is -0.638. The Kier molecular flexibility index (Phi) is 4.37. The summed E-state index contributed by atoms with van der Waals surface area (Å²) < 4.78 is 16.3. The number of aromatic nitrogens is 3. The molecule has 1 fully saturated rings. The van der Waals surface area contributed by atoms with E-state index in [1.807, 2.05) is 18.5 Å². The van der Waals surface area contributed by atoms with Gasteiger partial charge < -0.3 is 15.2 Å². The first-order valence-electron chi connectivity index (χ1n) is 8.85. The van der Waals surface area contributed by atoms with Gasteiger partial charge >= 0.3 is 0 Å². The maximum atomic E-state index is 14.4. The molecule has 2 heterocycles. The second kappa shape index (κ2) is 6.48. The van der Waals surface area contributed by atoms with E-state index in [2.05, 4.69) is 10.1 Å². The number of nitrogens with zero attached hydrogens (tertiary/aromatic N) is 2. The highest BCUT2D eigenvalue weighted by atomic mass is 35.5. The van der Waals surface area contributed by atoms with Crippen molar-refractivity contribution in [2.45, 2.75) is 44.9 Å². The van der Waals surface area contributed by atoms with E-state index in [-0.39, 0.29) is 18.2 Å². The van der Waals surface area contributed by atoms with Crippen molar-refractivity contribution in [1.82, 2.24) is 14.8 Å². The van der Waals surface area contributed by atoms with E-state index in [4.69, 9.17) is 11.6 Å². The van der Waals surface area contributed by atoms with E-state index in [0.717, 1.165) is 11.3 Å². The molecule has 0 unspecified atom stereocenters. The maximum Gasteiger partial charge on any atom is 0.132 e. The minimum absolute atomic E-state index is 0.154. The third kappa shape index (κ3) is 2.98. The zero-order chi connectivity index (χ0) is 19.3. The van der Waals surface area contributed by atoms with Crippen LogP contribution in [-0.2, 0) is 6.61 Å². The van der Waals surface area contributed by atoms with Gasteiger partial charge in [0.05, 0.1) is 35.2 Å². The summed E-state index contributed by atoms with van der Waals surface area (Å²) >= 11 is 6.20. The molecule has 1 aliphatic carbocycles. The van der Waals surface area contributed by atoms with Gasteiger partial charge in [-0.2, -0.15) is 5.10 Å². The minimum Gasteiger partial charge on any atom is -0.392 e. The number of hydrogen-bond donors (Lipinski definition) is 3. The molecule has 0 spiro atoms. The average Bonchev–Trinajstić information content (AvgIpc) is 3.15. The molecule has 3 N–H and O–H groups in total. The largest absolute Gasteiger partial charge is 0.392 e.